The lowest BCUT2D eigenvalue weighted by Gasteiger charge is -2.06. The molecule has 0 heterocycles. The van der Waals surface area contributed by atoms with Crippen LogP contribution in [0, 0.1) is 6.92 Å². The van der Waals surface area contributed by atoms with Crippen molar-refractivity contribution in [3.63, 3.8) is 0 Å². The Morgan fingerprint density at radius 3 is 2.52 bits per heavy atom. The molecule has 1 aromatic carbocycles. The van der Waals surface area contributed by atoms with E-state index >= 15 is 0 Å². The second-order valence-electron chi connectivity index (χ2n) is 4.73. The predicted octanol–water partition coefficient (Wildman–Crippen LogP) is 1.70. The standard InChI is InChI=1S/C14H19N3O3S/c1-12-6-8-14(9-7-12)21(19,20)17-10-4-2-3-5-13(18)11-16-15/h6-9,11,17H,2-5,10H2,1H3. The lowest BCUT2D eigenvalue weighted by molar-refractivity contribution is -0.116. The first-order valence-corrected chi connectivity index (χ1v) is 8.20. The number of aryl methyl sites for hydroxylation is 1. The van der Waals surface area contributed by atoms with Gasteiger partial charge < -0.3 is 5.53 Å². The third-order valence-corrected chi connectivity index (χ3v) is 4.40. The van der Waals surface area contributed by atoms with Gasteiger partial charge in [0.2, 0.25) is 15.8 Å². The molecule has 1 rings (SSSR count). The van der Waals surface area contributed by atoms with Crippen LogP contribution in [0.15, 0.2) is 29.2 Å². The maximum Gasteiger partial charge on any atom is 0.323 e. The van der Waals surface area contributed by atoms with Crippen LogP contribution in [0.1, 0.15) is 31.2 Å². The molecule has 0 unspecified atom stereocenters. The number of unbranched alkanes of at least 4 members (excludes halogenated alkanes) is 2. The third-order valence-electron chi connectivity index (χ3n) is 2.93. The molecule has 0 saturated heterocycles. The molecule has 0 aliphatic heterocycles. The van der Waals surface area contributed by atoms with Gasteiger partial charge in [-0.05, 0) is 31.9 Å². The monoisotopic (exact) mass is 309 g/mol. The van der Waals surface area contributed by atoms with Crippen LogP contribution < -0.4 is 4.72 Å². The van der Waals surface area contributed by atoms with Crippen molar-refractivity contribution < 1.29 is 18.0 Å². The van der Waals surface area contributed by atoms with Crippen molar-refractivity contribution in [2.24, 2.45) is 0 Å². The minimum atomic E-state index is -3.46. The Morgan fingerprint density at radius 2 is 1.90 bits per heavy atom. The van der Waals surface area contributed by atoms with Gasteiger partial charge in [0, 0.05) is 13.0 Å². The number of nitrogens with zero attached hydrogens (tertiary/aromatic N) is 2. The second-order valence-corrected chi connectivity index (χ2v) is 6.50. The molecule has 114 valence electrons. The Morgan fingerprint density at radius 1 is 1.24 bits per heavy atom. The summed E-state index contributed by atoms with van der Waals surface area (Å²) < 4.78 is 26.4. The molecule has 7 heteroatoms. The first-order chi connectivity index (χ1) is 9.95. The second kappa shape index (κ2) is 8.46. The number of carbonyl (C=O) groups excluding carboxylic acids is 1. The molecule has 21 heavy (non-hydrogen) atoms. The molecule has 0 atom stereocenters. The highest BCUT2D eigenvalue weighted by molar-refractivity contribution is 7.89. The van der Waals surface area contributed by atoms with Crippen molar-refractivity contribution in [1.82, 2.24) is 4.72 Å². The van der Waals surface area contributed by atoms with E-state index in [1.54, 1.807) is 24.3 Å². The highest BCUT2D eigenvalue weighted by atomic mass is 32.2. The van der Waals surface area contributed by atoms with Crippen molar-refractivity contribution in [3.8, 4) is 0 Å². The van der Waals surface area contributed by atoms with Crippen molar-refractivity contribution >= 4 is 22.0 Å². The van der Waals surface area contributed by atoms with Crippen LogP contribution in [0.5, 0.6) is 0 Å². The maximum absolute atomic E-state index is 12.0. The minimum absolute atomic E-state index is 0.238. The van der Waals surface area contributed by atoms with E-state index in [-0.39, 0.29) is 10.7 Å². The van der Waals surface area contributed by atoms with Crippen LogP contribution >= 0.6 is 0 Å². The minimum Gasteiger partial charge on any atom is -0.361 e. The van der Waals surface area contributed by atoms with Gasteiger partial charge in [-0.25, -0.2) is 13.1 Å². The lowest BCUT2D eigenvalue weighted by Crippen LogP contribution is -2.24. The van der Waals surface area contributed by atoms with Crippen LogP contribution in [0.2, 0.25) is 0 Å². The van der Waals surface area contributed by atoms with E-state index in [1.165, 1.54) is 0 Å². The van der Waals surface area contributed by atoms with Gasteiger partial charge in [0.25, 0.3) is 0 Å². The number of sulfonamides is 1. The maximum atomic E-state index is 12.0. The van der Waals surface area contributed by atoms with Gasteiger partial charge in [-0.2, -0.15) is 4.79 Å². The summed E-state index contributed by atoms with van der Waals surface area (Å²) in [4.78, 5) is 13.9. The fourth-order valence-corrected chi connectivity index (χ4v) is 2.81. The Labute approximate surface area is 124 Å². The SMILES string of the molecule is Cc1ccc(S(=O)(=O)NCCCCCC(=O)C=[N+]=[N-])cc1. The van der Waals surface area contributed by atoms with Gasteiger partial charge in [0.15, 0.2) is 0 Å². The molecule has 0 radical (unpaired) electrons. The highest BCUT2D eigenvalue weighted by Crippen LogP contribution is 2.10. The van der Waals surface area contributed by atoms with Crippen molar-refractivity contribution in [3.05, 3.63) is 35.4 Å². The van der Waals surface area contributed by atoms with Crippen LogP contribution in [-0.2, 0) is 14.8 Å². The summed E-state index contributed by atoms with van der Waals surface area (Å²) in [5.41, 5.74) is 9.17. The van der Waals surface area contributed by atoms with Crippen LogP contribution in [0.3, 0.4) is 0 Å². The smallest absolute Gasteiger partial charge is 0.323 e. The van der Waals surface area contributed by atoms with E-state index in [2.05, 4.69) is 9.51 Å². The van der Waals surface area contributed by atoms with E-state index in [4.69, 9.17) is 5.53 Å². The van der Waals surface area contributed by atoms with E-state index < -0.39 is 10.0 Å². The molecular formula is C14H19N3O3S. The number of Topliss-reactive ketones (excluding diaryl/α,β-unsaturated/α-hetero) is 1. The van der Waals surface area contributed by atoms with Crippen LogP contribution in [0.4, 0.5) is 0 Å². The Bertz CT molecular complexity index is 617. The Hall–Kier alpha value is -1.82. The molecule has 1 N–H and O–H groups in total. The zero-order valence-electron chi connectivity index (χ0n) is 11.9. The summed E-state index contributed by atoms with van der Waals surface area (Å²) in [6.07, 6.45) is 3.18. The number of ketones is 1. The van der Waals surface area contributed by atoms with Crippen LogP contribution in [-0.4, -0.2) is 31.8 Å². The molecule has 0 fully saturated rings. The molecule has 0 saturated carbocycles. The summed E-state index contributed by atoms with van der Waals surface area (Å²) in [6, 6.07) is 6.65. The van der Waals surface area contributed by atoms with Gasteiger partial charge in [-0.15, -0.1) is 0 Å². The van der Waals surface area contributed by atoms with E-state index in [1.807, 2.05) is 6.92 Å². The highest BCUT2D eigenvalue weighted by Gasteiger charge is 2.12. The van der Waals surface area contributed by atoms with E-state index in [9.17, 15) is 13.2 Å². The predicted molar refractivity (Wildman–Crippen MR) is 79.5 cm³/mol. The summed E-state index contributed by atoms with van der Waals surface area (Å²) in [5, 5.41) is 0. The number of hydrogen-bond acceptors (Lipinski definition) is 3. The van der Waals surface area contributed by atoms with Gasteiger partial charge in [-0.1, -0.05) is 24.1 Å². The molecular weight excluding hydrogens is 290 g/mol. The van der Waals surface area contributed by atoms with Crippen LogP contribution in [0.25, 0.3) is 5.53 Å². The number of hydrogen-bond donors (Lipinski definition) is 1. The lowest BCUT2D eigenvalue weighted by atomic mass is 10.1. The zero-order valence-corrected chi connectivity index (χ0v) is 12.8. The normalized spacial score (nSPS) is 10.9. The number of rotatable bonds is 9. The largest absolute Gasteiger partial charge is 0.361 e. The number of benzene rings is 1. The number of carbonyl (C=O) groups is 1. The van der Waals surface area contributed by atoms with Crippen molar-refractivity contribution in [1.29, 1.82) is 0 Å². The first-order valence-electron chi connectivity index (χ1n) is 6.72. The van der Waals surface area contributed by atoms with E-state index in [0.717, 1.165) is 18.2 Å². The van der Waals surface area contributed by atoms with Crippen molar-refractivity contribution in [2.75, 3.05) is 6.54 Å². The van der Waals surface area contributed by atoms with Gasteiger partial charge in [-0.3, -0.25) is 4.79 Å². The third kappa shape index (κ3) is 6.44. The first kappa shape index (κ1) is 17.2. The number of nitrogens with one attached hydrogen (secondary N) is 1. The summed E-state index contributed by atoms with van der Waals surface area (Å²) in [6.45, 7) is 2.23. The summed E-state index contributed by atoms with van der Waals surface area (Å²) in [7, 11) is -3.46. The quantitative estimate of drug-likeness (QED) is 0.325. The molecule has 0 aliphatic carbocycles. The molecule has 0 bridgehead atoms. The molecule has 1 aromatic rings. The van der Waals surface area contributed by atoms with Gasteiger partial charge in [0.1, 0.15) is 0 Å². The Kier molecular flexibility index (Phi) is 6.94. The average molecular weight is 309 g/mol. The fourth-order valence-electron chi connectivity index (χ4n) is 1.74. The fraction of sp³-hybridized carbons (Fsp3) is 0.429. The average Bonchev–Trinajstić information content (AvgIpc) is 2.43. The topological polar surface area (TPSA) is 99.6 Å². The summed E-state index contributed by atoms with van der Waals surface area (Å²) in [5.74, 6) is -0.238. The Balaban J connectivity index is 2.30. The van der Waals surface area contributed by atoms with E-state index in [0.29, 0.717) is 25.8 Å². The molecule has 6 nitrogen and oxygen atoms in total. The van der Waals surface area contributed by atoms with Crippen molar-refractivity contribution in [2.45, 2.75) is 37.5 Å². The molecule has 0 amide bonds. The summed E-state index contributed by atoms with van der Waals surface area (Å²) >= 11 is 0. The van der Waals surface area contributed by atoms with Gasteiger partial charge >= 0.3 is 6.21 Å². The van der Waals surface area contributed by atoms with Gasteiger partial charge in [0.05, 0.1) is 4.90 Å². The zero-order chi connectivity index (χ0) is 15.7. The molecule has 0 spiro atoms. The molecule has 0 aliphatic rings. The molecule has 0 aromatic heterocycles.